The molecule has 3 N–H and O–H groups in total. The van der Waals surface area contributed by atoms with Crippen LogP contribution >= 0.6 is 7.82 Å². The summed E-state index contributed by atoms with van der Waals surface area (Å²) < 4.78 is 23.7. The Morgan fingerprint density at radius 2 is 0.803 bits per heavy atom. The van der Waals surface area contributed by atoms with Gasteiger partial charge in [0.1, 0.15) is 13.2 Å². The van der Waals surface area contributed by atoms with Gasteiger partial charge in [0.25, 0.3) is 0 Å². The zero-order valence-electron chi connectivity index (χ0n) is 47.7. The van der Waals surface area contributed by atoms with Crippen LogP contribution in [0, 0.1) is 0 Å². The molecule has 0 aliphatic rings. The van der Waals surface area contributed by atoms with Crippen molar-refractivity contribution >= 4 is 13.7 Å². The van der Waals surface area contributed by atoms with Gasteiger partial charge in [-0.25, -0.2) is 4.57 Å². The summed E-state index contributed by atoms with van der Waals surface area (Å²) in [4.78, 5) is 23.3. The van der Waals surface area contributed by atoms with Crippen LogP contribution in [0.2, 0.25) is 0 Å². The molecule has 3 unspecified atom stereocenters. The maximum absolute atomic E-state index is 13.0. The Balaban J connectivity index is 4.19. The largest absolute Gasteiger partial charge is 0.472 e. The Bertz CT molecular complexity index is 1290. The second-order valence-electron chi connectivity index (χ2n) is 22.1. The minimum Gasteiger partial charge on any atom is -0.387 e. The van der Waals surface area contributed by atoms with Crippen molar-refractivity contribution in [3.63, 3.8) is 0 Å². The molecule has 0 aromatic carbocycles. The highest BCUT2D eigenvalue weighted by Gasteiger charge is 2.27. The molecule has 8 nitrogen and oxygen atoms in total. The number of carbonyl (C=O) groups is 1. The molecule has 0 saturated heterocycles. The minimum absolute atomic E-state index is 0.0579. The zero-order valence-corrected chi connectivity index (χ0v) is 48.6. The van der Waals surface area contributed by atoms with Crippen molar-refractivity contribution in [3.8, 4) is 0 Å². The lowest BCUT2D eigenvalue weighted by atomic mass is 10.0. The number of rotatable bonds is 56. The third-order valence-corrected chi connectivity index (χ3v) is 14.8. The highest BCUT2D eigenvalue weighted by molar-refractivity contribution is 7.47. The minimum atomic E-state index is -4.35. The maximum atomic E-state index is 13.0. The number of quaternary nitrogens is 1. The summed E-state index contributed by atoms with van der Waals surface area (Å²) in [5, 5.41) is 14.0. The van der Waals surface area contributed by atoms with E-state index in [1.165, 1.54) is 205 Å². The van der Waals surface area contributed by atoms with Gasteiger partial charge in [-0.3, -0.25) is 13.8 Å². The number of aliphatic hydroxyl groups is 1. The monoisotopic (exact) mass is 1020 g/mol. The molecule has 0 saturated carbocycles. The number of hydrogen-bond acceptors (Lipinski definition) is 5. The number of nitrogens with zero attached hydrogens (tertiary/aromatic N) is 1. The van der Waals surface area contributed by atoms with Gasteiger partial charge in [-0.15, -0.1) is 0 Å². The highest BCUT2D eigenvalue weighted by Crippen LogP contribution is 2.43. The first kappa shape index (κ1) is 69.5. The number of phosphoric ester groups is 1. The van der Waals surface area contributed by atoms with E-state index in [0.717, 1.165) is 64.2 Å². The van der Waals surface area contributed by atoms with E-state index in [-0.39, 0.29) is 19.1 Å². The Hall–Kier alpha value is -1.54. The van der Waals surface area contributed by atoms with Crippen LogP contribution < -0.4 is 5.32 Å². The van der Waals surface area contributed by atoms with Crippen LogP contribution in [0.5, 0.6) is 0 Å². The summed E-state index contributed by atoms with van der Waals surface area (Å²) >= 11 is 0. The van der Waals surface area contributed by atoms with Crippen LogP contribution in [0.15, 0.2) is 48.6 Å². The van der Waals surface area contributed by atoms with Crippen LogP contribution in [0.4, 0.5) is 0 Å². The first-order valence-electron chi connectivity index (χ1n) is 30.5. The maximum Gasteiger partial charge on any atom is 0.472 e. The van der Waals surface area contributed by atoms with Gasteiger partial charge in [-0.05, 0) is 57.8 Å². The molecule has 0 heterocycles. The lowest BCUT2D eigenvalue weighted by Gasteiger charge is -2.25. The second-order valence-corrected chi connectivity index (χ2v) is 23.5. The van der Waals surface area contributed by atoms with Gasteiger partial charge in [0.15, 0.2) is 0 Å². The van der Waals surface area contributed by atoms with Gasteiger partial charge in [0.05, 0.1) is 39.9 Å². The number of likely N-dealkylation sites (N-methyl/N-ethyl adjacent to an activating group) is 1. The fraction of sp³-hybridized carbons (Fsp3) is 0.855. The number of carbonyl (C=O) groups excluding carboxylic acids is 1. The summed E-state index contributed by atoms with van der Waals surface area (Å²) in [6.45, 7) is 4.83. The van der Waals surface area contributed by atoms with Gasteiger partial charge in [0, 0.05) is 6.42 Å². The number of aliphatic hydroxyl groups excluding tert-OH is 1. The Morgan fingerprint density at radius 3 is 1.17 bits per heavy atom. The molecule has 0 rings (SSSR count). The third-order valence-electron chi connectivity index (χ3n) is 13.8. The summed E-state index contributed by atoms with van der Waals surface area (Å²) in [6.07, 6.45) is 70.8. The molecule has 1 amide bonds. The zero-order chi connectivity index (χ0) is 52.0. The van der Waals surface area contributed by atoms with Crippen LogP contribution in [0.3, 0.4) is 0 Å². The van der Waals surface area contributed by atoms with Gasteiger partial charge in [-0.1, -0.05) is 274 Å². The number of amides is 1. The summed E-state index contributed by atoms with van der Waals surface area (Å²) in [6, 6.07) is -0.856. The molecular weight excluding hydrogens is 900 g/mol. The van der Waals surface area contributed by atoms with Crippen molar-refractivity contribution in [1.82, 2.24) is 5.32 Å². The molecule has 0 aromatic rings. The van der Waals surface area contributed by atoms with Crippen LogP contribution in [-0.4, -0.2) is 73.4 Å². The molecule has 0 fully saturated rings. The van der Waals surface area contributed by atoms with Gasteiger partial charge >= 0.3 is 7.82 Å². The van der Waals surface area contributed by atoms with Crippen LogP contribution in [0.25, 0.3) is 0 Å². The number of phosphoric acid groups is 1. The molecule has 71 heavy (non-hydrogen) atoms. The standard InChI is InChI=1S/C62H119N2O6P/c1-6-8-10-12-14-16-18-20-22-24-26-28-29-30-31-32-33-34-36-37-39-41-43-45-47-49-51-53-55-61(65)60(59-70-71(67,68)69-58-57-64(3,4)5)63-62(66)56-54-52-50-48-46-44-42-40-38-35-27-25-23-21-19-17-15-13-11-9-7-2/h19,21,25,27,38,40,53,55,60-61,65H,6-18,20,22-24,26,28-37,39,41-52,54,56-59H2,1-5H3,(H-,63,66,67,68)/p+1/b21-19-,27-25-,40-38-,55-53+. The third kappa shape index (κ3) is 56.0. The number of nitrogens with one attached hydrogen (secondary N) is 1. The molecule has 3 atom stereocenters. The molecule has 0 radical (unpaired) electrons. The average Bonchev–Trinajstić information content (AvgIpc) is 3.33. The molecule has 9 heteroatoms. The quantitative estimate of drug-likeness (QED) is 0.0243. The first-order valence-corrected chi connectivity index (χ1v) is 32.0. The molecule has 0 bridgehead atoms. The van der Waals surface area contributed by atoms with Gasteiger partial charge in [0.2, 0.25) is 5.91 Å². The first-order chi connectivity index (χ1) is 34.5. The van der Waals surface area contributed by atoms with Crippen molar-refractivity contribution in [1.29, 1.82) is 0 Å². The number of unbranched alkanes of at least 4 members (excludes halogenated alkanes) is 37. The number of hydrogen-bond donors (Lipinski definition) is 3. The molecule has 0 aliphatic carbocycles. The molecule has 0 spiro atoms. The highest BCUT2D eigenvalue weighted by atomic mass is 31.2. The molecule has 418 valence electrons. The fourth-order valence-electron chi connectivity index (χ4n) is 8.99. The van der Waals surface area contributed by atoms with Crippen molar-refractivity contribution < 1.29 is 32.9 Å². The van der Waals surface area contributed by atoms with Gasteiger partial charge in [-0.2, -0.15) is 0 Å². The van der Waals surface area contributed by atoms with Crippen molar-refractivity contribution in [2.24, 2.45) is 0 Å². The van der Waals surface area contributed by atoms with E-state index in [0.29, 0.717) is 17.4 Å². The van der Waals surface area contributed by atoms with Crippen molar-refractivity contribution in [2.75, 3.05) is 40.9 Å². The molecular formula is C62H120N2O6P+. The van der Waals surface area contributed by atoms with E-state index in [1.807, 2.05) is 27.2 Å². The van der Waals surface area contributed by atoms with Crippen LogP contribution in [0.1, 0.15) is 290 Å². The van der Waals surface area contributed by atoms with E-state index < -0.39 is 20.0 Å². The predicted octanol–water partition coefficient (Wildman–Crippen LogP) is 18.7. The lowest BCUT2D eigenvalue weighted by molar-refractivity contribution is -0.870. The molecule has 0 aromatic heterocycles. The predicted molar refractivity (Wildman–Crippen MR) is 309 cm³/mol. The van der Waals surface area contributed by atoms with Crippen molar-refractivity contribution in [3.05, 3.63) is 48.6 Å². The Kier molecular flexibility index (Phi) is 52.1. The van der Waals surface area contributed by atoms with Gasteiger partial charge < -0.3 is 19.8 Å². The van der Waals surface area contributed by atoms with E-state index in [2.05, 4.69) is 55.6 Å². The van der Waals surface area contributed by atoms with E-state index in [4.69, 9.17) is 9.05 Å². The van der Waals surface area contributed by atoms with Crippen molar-refractivity contribution in [2.45, 2.75) is 302 Å². The van der Waals surface area contributed by atoms with Crippen LogP contribution in [-0.2, 0) is 18.4 Å². The average molecular weight is 1020 g/mol. The SMILES string of the molecule is CCCCCCC/C=C\C/C=C\C/C=C\CCCCCCCCC(=O)NC(COP(=O)(O)OCC[N+](C)(C)C)C(O)/C=C/CCCCCCCCCCCCCCCCCCCCCCCCCCCC. The normalized spacial score (nSPS) is 14.2. The number of allylic oxidation sites excluding steroid dienone is 7. The topological polar surface area (TPSA) is 105 Å². The Morgan fingerprint density at radius 1 is 0.479 bits per heavy atom. The lowest BCUT2D eigenvalue weighted by Crippen LogP contribution is -2.45. The smallest absolute Gasteiger partial charge is 0.387 e. The van der Waals surface area contributed by atoms with E-state index >= 15 is 0 Å². The summed E-state index contributed by atoms with van der Waals surface area (Å²) in [5.74, 6) is -0.187. The molecule has 0 aliphatic heterocycles. The fourth-order valence-corrected chi connectivity index (χ4v) is 9.73. The van der Waals surface area contributed by atoms with E-state index in [1.54, 1.807) is 6.08 Å². The second kappa shape index (κ2) is 53.3. The Labute approximate surface area is 441 Å². The van der Waals surface area contributed by atoms with E-state index in [9.17, 15) is 19.4 Å². The summed E-state index contributed by atoms with van der Waals surface area (Å²) in [7, 11) is 1.57. The summed E-state index contributed by atoms with van der Waals surface area (Å²) in [5.41, 5.74) is 0.